The van der Waals surface area contributed by atoms with Gasteiger partial charge in [-0.1, -0.05) is 30.3 Å². The fourth-order valence-corrected chi connectivity index (χ4v) is 13.0. The average Bonchev–Trinajstić information content (AvgIpc) is 4.01. The maximum atomic E-state index is 7.61. The molecule has 0 aromatic heterocycles. The van der Waals surface area contributed by atoms with Crippen molar-refractivity contribution in [1.29, 1.82) is 0 Å². The van der Waals surface area contributed by atoms with E-state index in [1.54, 1.807) is 0 Å². The van der Waals surface area contributed by atoms with Gasteiger partial charge in [-0.25, -0.2) is 0 Å². The third-order valence-electron chi connectivity index (χ3n) is 12.8. The van der Waals surface area contributed by atoms with E-state index in [0.717, 1.165) is 5.56 Å². The van der Waals surface area contributed by atoms with Crippen LogP contribution in [0.4, 0.5) is 0 Å². The molecule has 0 unspecified atom stereocenters. The van der Waals surface area contributed by atoms with Crippen LogP contribution >= 0.6 is 0 Å². The van der Waals surface area contributed by atoms with Crippen molar-refractivity contribution in [2.24, 2.45) is 0 Å². The van der Waals surface area contributed by atoms with Gasteiger partial charge in [-0.15, -0.1) is 0 Å². The SMILES string of the molecule is CC1(C)O[C@@H]2[C@@H](CO[C@]3(COC(C)(C)O3)[C@H]2O[Si](OCCc2ccccc2)(O[C@H]2[C@@H]3OC(C)(C)O[C@@H]3CO[C@]23COC(C)(C)O3)O[C@H]2[C@@H]3OC(C)(C)O[C@@H]3CO[C@]23COC(C)(C)O3)O1. The minimum absolute atomic E-state index is 0.0390. The van der Waals surface area contributed by atoms with Crippen LogP contribution in [0, 0.1) is 0 Å². The zero-order chi connectivity index (χ0) is 45.4. The number of rotatable bonds is 10. The summed E-state index contributed by atoms with van der Waals surface area (Å²) in [6.07, 6.45) is -7.32. The molecule has 0 bridgehead atoms. The molecule has 1 aromatic rings. The standard InChI is InChI=1S/C44H66O19Si/c1-36(2)48-23-42(61-36)33(30-27(20-45-42)52-39(7,8)55-30)58-64(51-19-18-26-16-14-13-15-17-26,59-34-31-28(53-40(9,10)56-31)21-46-43(34)24-49-37(3,4)62-43)60-35-32-29(54-41(11,12)57-32)22-47-44(35)25-50-38(5,6)63-44/h13-17,27-35H,18-25H2,1-12H3/t27-,28-,29-,30-,31-,32-,33+,34+,35+,42+,43+,44+/m1/s1. The van der Waals surface area contributed by atoms with Gasteiger partial charge in [0.1, 0.15) is 74.8 Å². The van der Waals surface area contributed by atoms with Crippen LogP contribution in [-0.2, 0) is 95.2 Å². The molecule has 9 saturated heterocycles. The molecule has 9 heterocycles. The monoisotopic (exact) mass is 926 g/mol. The summed E-state index contributed by atoms with van der Waals surface area (Å²) in [6, 6.07) is 9.92. The number of ether oxygens (including phenoxy) is 15. The topological polar surface area (TPSA) is 175 Å². The molecule has 12 atom stereocenters. The summed E-state index contributed by atoms with van der Waals surface area (Å²) in [5, 5.41) is 0. The molecule has 360 valence electrons. The van der Waals surface area contributed by atoms with Crippen molar-refractivity contribution in [1.82, 2.24) is 0 Å². The van der Waals surface area contributed by atoms with E-state index in [0.29, 0.717) is 6.42 Å². The van der Waals surface area contributed by atoms with Crippen molar-refractivity contribution < 1.29 is 88.8 Å². The van der Waals surface area contributed by atoms with Gasteiger partial charge >= 0.3 is 9.05 Å². The van der Waals surface area contributed by atoms with Crippen molar-refractivity contribution in [2.75, 3.05) is 46.2 Å². The van der Waals surface area contributed by atoms with Gasteiger partial charge in [0.25, 0.3) is 0 Å². The first-order valence-electron chi connectivity index (χ1n) is 22.5. The summed E-state index contributed by atoms with van der Waals surface area (Å²) in [5.41, 5.74) is 0.994. The Labute approximate surface area is 375 Å². The summed E-state index contributed by atoms with van der Waals surface area (Å²) in [7, 11) is -5.00. The quantitative estimate of drug-likeness (QED) is 0.309. The van der Waals surface area contributed by atoms with Crippen molar-refractivity contribution in [3.63, 3.8) is 0 Å². The molecule has 0 aliphatic carbocycles. The van der Waals surface area contributed by atoms with Crippen LogP contribution in [-0.4, -0.2) is 162 Å². The number of fused-ring (bicyclic) bond motifs is 3. The lowest BCUT2D eigenvalue weighted by Gasteiger charge is -2.51. The molecule has 9 fully saturated rings. The Morgan fingerprint density at radius 2 is 0.797 bits per heavy atom. The lowest BCUT2D eigenvalue weighted by Crippen LogP contribution is -2.73. The van der Waals surface area contributed by atoms with Crippen LogP contribution < -0.4 is 0 Å². The first kappa shape index (κ1) is 46.4. The molecule has 0 saturated carbocycles. The second-order valence-corrected chi connectivity index (χ2v) is 22.9. The molecule has 3 spiro atoms. The molecule has 64 heavy (non-hydrogen) atoms. The van der Waals surface area contributed by atoms with Crippen molar-refractivity contribution in [2.45, 2.75) is 197 Å². The number of hydrogen-bond donors (Lipinski definition) is 0. The van der Waals surface area contributed by atoms with Gasteiger partial charge in [0, 0.05) is 6.61 Å². The van der Waals surface area contributed by atoms with Crippen molar-refractivity contribution in [3.05, 3.63) is 35.9 Å². The second kappa shape index (κ2) is 15.6. The maximum absolute atomic E-state index is 7.61. The minimum atomic E-state index is -5.00. The summed E-state index contributed by atoms with van der Waals surface area (Å²) in [4.78, 5) is 0. The van der Waals surface area contributed by atoms with Crippen LogP contribution in [0.3, 0.4) is 0 Å². The van der Waals surface area contributed by atoms with Crippen LogP contribution in [0.2, 0.25) is 0 Å². The molecule has 20 heteroatoms. The molecule has 10 rings (SSSR count). The molecule has 0 amide bonds. The van der Waals surface area contributed by atoms with Gasteiger partial charge in [0.15, 0.2) is 34.7 Å². The molecule has 1 aromatic carbocycles. The number of benzene rings is 1. The van der Waals surface area contributed by atoms with E-state index in [1.165, 1.54) is 0 Å². The highest BCUT2D eigenvalue weighted by atomic mass is 28.4. The van der Waals surface area contributed by atoms with Gasteiger partial charge in [-0.05, 0) is 95.1 Å². The fourth-order valence-electron chi connectivity index (χ4n) is 10.4. The van der Waals surface area contributed by atoms with Crippen LogP contribution in [0.1, 0.15) is 88.6 Å². The first-order valence-corrected chi connectivity index (χ1v) is 24.2. The molecule has 0 N–H and O–H groups in total. The third-order valence-corrected chi connectivity index (χ3v) is 15.0. The van der Waals surface area contributed by atoms with Gasteiger partial charge in [0.05, 0.1) is 19.8 Å². The van der Waals surface area contributed by atoms with Gasteiger partial charge in [-0.2, -0.15) is 0 Å². The van der Waals surface area contributed by atoms with Gasteiger partial charge in [0.2, 0.25) is 17.4 Å². The molecule has 0 radical (unpaired) electrons. The highest BCUT2D eigenvalue weighted by Crippen LogP contribution is 2.52. The minimum Gasteiger partial charge on any atom is -0.351 e. The first-order chi connectivity index (χ1) is 29.8. The van der Waals surface area contributed by atoms with Crippen LogP contribution in [0.25, 0.3) is 0 Å². The highest BCUT2D eigenvalue weighted by Gasteiger charge is 2.74. The summed E-state index contributed by atoms with van der Waals surface area (Å²) in [5.74, 6) is -11.1. The predicted molar refractivity (Wildman–Crippen MR) is 217 cm³/mol. The lowest BCUT2D eigenvalue weighted by molar-refractivity contribution is -0.356. The predicted octanol–water partition coefficient (Wildman–Crippen LogP) is 3.93. The average molecular weight is 927 g/mol. The summed E-state index contributed by atoms with van der Waals surface area (Å²) >= 11 is 0. The van der Waals surface area contributed by atoms with Crippen molar-refractivity contribution in [3.8, 4) is 0 Å². The van der Waals surface area contributed by atoms with E-state index in [4.69, 9.17) is 88.8 Å². The Balaban J connectivity index is 1.15. The third kappa shape index (κ3) is 8.69. The zero-order valence-electron chi connectivity index (χ0n) is 39.0. The zero-order valence-corrected chi connectivity index (χ0v) is 40.0. The normalized spacial score (nSPS) is 44.4. The molecular weight excluding hydrogens is 861 g/mol. The Bertz CT molecular complexity index is 1700. The van der Waals surface area contributed by atoms with E-state index in [-0.39, 0.29) is 46.2 Å². The van der Waals surface area contributed by atoms with Crippen molar-refractivity contribution >= 4 is 9.05 Å². The van der Waals surface area contributed by atoms with E-state index >= 15 is 0 Å². The smallest absolute Gasteiger partial charge is 0.351 e. The Kier molecular flexibility index (Phi) is 11.3. The Morgan fingerprint density at radius 1 is 0.453 bits per heavy atom. The highest BCUT2D eigenvalue weighted by molar-refractivity contribution is 6.53. The molecule has 19 nitrogen and oxygen atoms in total. The van der Waals surface area contributed by atoms with E-state index in [9.17, 15) is 0 Å². The van der Waals surface area contributed by atoms with E-state index in [2.05, 4.69) is 0 Å². The Morgan fingerprint density at radius 3 is 1.11 bits per heavy atom. The van der Waals surface area contributed by atoms with Gasteiger partial charge in [-0.3, -0.25) is 0 Å². The molecule has 9 aliphatic rings. The maximum Gasteiger partial charge on any atom is 0.681 e. The molecule has 9 aliphatic heterocycles. The Hall–Kier alpha value is -1.32. The molecular formula is C44H66O19Si. The van der Waals surface area contributed by atoms with Gasteiger partial charge < -0.3 is 88.8 Å². The van der Waals surface area contributed by atoms with E-state index in [1.807, 2.05) is 113 Å². The summed E-state index contributed by atoms with van der Waals surface area (Å²) < 4.78 is 128. The largest absolute Gasteiger partial charge is 0.681 e. The number of hydrogen-bond acceptors (Lipinski definition) is 19. The van der Waals surface area contributed by atoms with Crippen LogP contribution in [0.5, 0.6) is 0 Å². The van der Waals surface area contributed by atoms with Crippen LogP contribution in [0.15, 0.2) is 30.3 Å². The van der Waals surface area contributed by atoms with E-state index < -0.39 is 116 Å². The second-order valence-electron chi connectivity index (χ2n) is 20.9. The summed E-state index contributed by atoms with van der Waals surface area (Å²) in [6.45, 7) is 22.1. The fraction of sp³-hybridized carbons (Fsp3) is 0.864. The lowest BCUT2D eigenvalue weighted by atomic mass is 9.97.